The smallest absolute Gasteiger partial charge is 0.340 e. The number of thiazole rings is 1. The predicted octanol–water partition coefficient (Wildman–Crippen LogP) is 4.04. The number of benzene rings is 1. The van der Waals surface area contributed by atoms with Crippen molar-refractivity contribution in [3.05, 3.63) is 58.4 Å². The molecule has 6 nitrogen and oxygen atoms in total. The lowest BCUT2D eigenvalue weighted by Crippen LogP contribution is -2.13. The van der Waals surface area contributed by atoms with E-state index in [9.17, 15) is 9.59 Å². The van der Waals surface area contributed by atoms with E-state index in [1.165, 1.54) is 29.8 Å². The van der Waals surface area contributed by atoms with Crippen molar-refractivity contribution in [1.29, 1.82) is 0 Å². The maximum absolute atomic E-state index is 12.3. The number of esters is 1. The Hall–Kier alpha value is -2.71. The van der Waals surface area contributed by atoms with Crippen LogP contribution in [0.3, 0.4) is 0 Å². The normalized spacial score (nSPS) is 10.2. The lowest BCUT2D eigenvalue weighted by molar-refractivity contribution is 0.0602. The molecule has 0 spiro atoms. The molecule has 2 aromatic heterocycles. The number of aromatic nitrogens is 1. The van der Waals surface area contributed by atoms with Crippen LogP contribution in [0.5, 0.6) is 10.9 Å². The molecule has 0 atom stereocenters. The van der Waals surface area contributed by atoms with E-state index >= 15 is 0 Å². The van der Waals surface area contributed by atoms with Crippen LogP contribution in [0.15, 0.2) is 47.3 Å². The Balaban J connectivity index is 1.69. The molecule has 0 aliphatic rings. The van der Waals surface area contributed by atoms with Crippen LogP contribution < -0.4 is 10.1 Å². The number of amides is 1. The first-order valence-electron chi connectivity index (χ1n) is 6.82. The molecule has 0 aliphatic heterocycles. The Morgan fingerprint density at radius 2 is 1.88 bits per heavy atom. The van der Waals surface area contributed by atoms with Crippen LogP contribution in [0, 0.1) is 0 Å². The molecule has 0 unspecified atom stereocenters. The number of nitrogens with zero attached hydrogens (tertiary/aromatic N) is 1. The van der Waals surface area contributed by atoms with Gasteiger partial charge in [0.15, 0.2) is 0 Å². The van der Waals surface area contributed by atoms with Gasteiger partial charge in [0.1, 0.15) is 10.8 Å². The maximum atomic E-state index is 12.3. The fraction of sp³-hybridized carbons (Fsp3) is 0.0625. The summed E-state index contributed by atoms with van der Waals surface area (Å²) in [7, 11) is 1.30. The molecule has 0 radical (unpaired) electrons. The van der Waals surface area contributed by atoms with Crippen LogP contribution in [-0.4, -0.2) is 24.0 Å². The largest absolute Gasteiger partial charge is 0.465 e. The highest BCUT2D eigenvalue weighted by molar-refractivity contribution is 7.14. The molecule has 1 N–H and O–H groups in total. The van der Waals surface area contributed by atoms with Gasteiger partial charge in [-0.2, -0.15) is 0 Å². The average molecular weight is 360 g/mol. The molecule has 0 aliphatic carbocycles. The summed E-state index contributed by atoms with van der Waals surface area (Å²) in [5, 5.41) is 7.24. The monoisotopic (exact) mass is 360 g/mol. The summed E-state index contributed by atoms with van der Waals surface area (Å²) in [5.74, 6) is -0.213. The van der Waals surface area contributed by atoms with Gasteiger partial charge in [-0.3, -0.25) is 4.79 Å². The summed E-state index contributed by atoms with van der Waals surface area (Å²) in [5.41, 5.74) is 0.783. The van der Waals surface area contributed by atoms with E-state index in [1.807, 2.05) is 5.38 Å². The molecule has 8 heteroatoms. The summed E-state index contributed by atoms with van der Waals surface area (Å²) >= 11 is 2.64. The van der Waals surface area contributed by atoms with Crippen LogP contribution in [0.1, 0.15) is 20.7 Å². The second kappa shape index (κ2) is 7.24. The van der Waals surface area contributed by atoms with E-state index in [0.717, 1.165) is 0 Å². The number of nitrogens with one attached hydrogen (secondary N) is 1. The molecule has 1 aromatic carbocycles. The molecule has 24 heavy (non-hydrogen) atoms. The predicted molar refractivity (Wildman–Crippen MR) is 92.2 cm³/mol. The number of carbonyl (C=O) groups excluding carboxylic acids is 2. The number of ether oxygens (including phenoxy) is 2. The summed E-state index contributed by atoms with van der Waals surface area (Å²) in [6.45, 7) is 0. The van der Waals surface area contributed by atoms with Gasteiger partial charge in [0.25, 0.3) is 11.1 Å². The first kappa shape index (κ1) is 16.2. The van der Waals surface area contributed by atoms with E-state index in [1.54, 1.807) is 41.9 Å². The Morgan fingerprint density at radius 1 is 1.08 bits per heavy atom. The highest BCUT2D eigenvalue weighted by Gasteiger charge is 2.16. The highest BCUT2D eigenvalue weighted by atomic mass is 32.1. The van der Waals surface area contributed by atoms with Gasteiger partial charge in [-0.25, -0.2) is 9.78 Å². The number of rotatable bonds is 5. The van der Waals surface area contributed by atoms with Crippen LogP contribution in [0.25, 0.3) is 0 Å². The lowest BCUT2D eigenvalue weighted by Gasteiger charge is -2.06. The second-order valence-corrected chi connectivity index (χ2v) is 6.31. The quantitative estimate of drug-likeness (QED) is 0.695. The zero-order chi connectivity index (χ0) is 16.9. The van der Waals surface area contributed by atoms with Gasteiger partial charge in [-0.15, -0.1) is 11.3 Å². The Labute approximate surface area is 145 Å². The van der Waals surface area contributed by atoms with Crippen LogP contribution in [-0.2, 0) is 4.74 Å². The average Bonchev–Trinajstić information content (AvgIpc) is 3.26. The maximum Gasteiger partial charge on any atom is 0.340 e. The van der Waals surface area contributed by atoms with Gasteiger partial charge in [-0.05, 0) is 35.7 Å². The van der Waals surface area contributed by atoms with E-state index in [2.05, 4.69) is 15.0 Å². The minimum atomic E-state index is -0.487. The summed E-state index contributed by atoms with van der Waals surface area (Å²) < 4.78 is 10.2. The molecule has 0 bridgehead atoms. The van der Waals surface area contributed by atoms with Crippen molar-refractivity contribution in [1.82, 2.24) is 4.98 Å². The Bertz CT molecular complexity index is 841. The molecule has 2 heterocycles. The molecule has 0 saturated carbocycles. The molecule has 0 saturated heterocycles. The summed E-state index contributed by atoms with van der Waals surface area (Å²) in [4.78, 5) is 27.9. The van der Waals surface area contributed by atoms with Crippen molar-refractivity contribution in [2.75, 3.05) is 12.4 Å². The van der Waals surface area contributed by atoms with Gasteiger partial charge in [0.05, 0.1) is 12.7 Å². The number of thiophene rings is 1. The van der Waals surface area contributed by atoms with Crippen molar-refractivity contribution >= 4 is 39.6 Å². The van der Waals surface area contributed by atoms with Crippen molar-refractivity contribution in [3.8, 4) is 10.9 Å². The number of hydrogen-bond acceptors (Lipinski definition) is 7. The van der Waals surface area contributed by atoms with Crippen molar-refractivity contribution in [2.24, 2.45) is 0 Å². The Morgan fingerprint density at radius 3 is 2.54 bits per heavy atom. The molecular formula is C16H12N2O4S2. The zero-order valence-electron chi connectivity index (χ0n) is 12.5. The Kier molecular flexibility index (Phi) is 4.88. The van der Waals surface area contributed by atoms with Gasteiger partial charge in [0.2, 0.25) is 0 Å². The van der Waals surface area contributed by atoms with Gasteiger partial charge < -0.3 is 14.8 Å². The highest BCUT2D eigenvalue weighted by Crippen LogP contribution is 2.26. The fourth-order valence-corrected chi connectivity index (χ4v) is 3.16. The molecule has 122 valence electrons. The van der Waals surface area contributed by atoms with Crippen molar-refractivity contribution in [3.63, 3.8) is 0 Å². The first-order chi connectivity index (χ1) is 11.7. The summed E-state index contributed by atoms with van der Waals surface area (Å²) in [6.07, 6.45) is 1.65. The van der Waals surface area contributed by atoms with Crippen molar-refractivity contribution < 1.29 is 19.1 Å². The van der Waals surface area contributed by atoms with Gasteiger partial charge in [0, 0.05) is 17.1 Å². The molecule has 3 rings (SSSR count). The van der Waals surface area contributed by atoms with E-state index in [-0.39, 0.29) is 5.91 Å². The van der Waals surface area contributed by atoms with E-state index < -0.39 is 5.97 Å². The van der Waals surface area contributed by atoms with Crippen molar-refractivity contribution in [2.45, 2.75) is 0 Å². The van der Waals surface area contributed by atoms with Crippen LogP contribution >= 0.6 is 22.7 Å². The molecule has 3 aromatic rings. The molecule has 0 fully saturated rings. The zero-order valence-corrected chi connectivity index (χ0v) is 14.1. The SMILES string of the molecule is COC(=O)c1ccsc1NC(=O)c1ccc(Oc2nccs2)cc1. The third-order valence-corrected chi connectivity index (χ3v) is 4.51. The number of hydrogen-bond donors (Lipinski definition) is 1. The van der Waals surface area contributed by atoms with Crippen LogP contribution in [0.2, 0.25) is 0 Å². The lowest BCUT2D eigenvalue weighted by atomic mass is 10.2. The minimum Gasteiger partial charge on any atom is -0.465 e. The number of carbonyl (C=O) groups is 2. The van der Waals surface area contributed by atoms with Gasteiger partial charge >= 0.3 is 5.97 Å². The third-order valence-electron chi connectivity index (χ3n) is 3.03. The third kappa shape index (κ3) is 3.61. The van der Waals surface area contributed by atoms with Crippen LogP contribution in [0.4, 0.5) is 5.00 Å². The number of methoxy groups -OCH3 is 1. The standard InChI is InChI=1S/C16H12N2O4S2/c1-21-15(20)12-6-8-23-14(12)18-13(19)10-2-4-11(5-3-10)22-16-17-7-9-24-16/h2-9H,1H3,(H,18,19). The number of anilines is 1. The van der Waals surface area contributed by atoms with Gasteiger partial charge in [-0.1, -0.05) is 11.3 Å². The topological polar surface area (TPSA) is 77.5 Å². The molecule has 1 amide bonds. The second-order valence-electron chi connectivity index (χ2n) is 4.53. The minimum absolute atomic E-state index is 0.316. The van der Waals surface area contributed by atoms with E-state index in [0.29, 0.717) is 27.1 Å². The first-order valence-corrected chi connectivity index (χ1v) is 8.58. The fourth-order valence-electron chi connectivity index (χ4n) is 1.89. The molecular weight excluding hydrogens is 348 g/mol. The van der Waals surface area contributed by atoms with E-state index in [4.69, 9.17) is 4.74 Å². The summed E-state index contributed by atoms with van der Waals surface area (Å²) in [6, 6.07) is 8.27.